The second kappa shape index (κ2) is 4.98. The molecule has 0 spiro atoms. The molecule has 0 saturated carbocycles. The fourth-order valence-corrected chi connectivity index (χ4v) is 1.89. The van der Waals surface area contributed by atoms with Crippen molar-refractivity contribution in [1.29, 1.82) is 0 Å². The third-order valence-corrected chi connectivity index (χ3v) is 2.83. The van der Waals surface area contributed by atoms with Crippen LogP contribution in [-0.4, -0.2) is 24.0 Å². The molecule has 1 aliphatic rings. The largest absolute Gasteiger partial charge is 0.364 e. The Bertz CT molecular complexity index is 302. The minimum absolute atomic E-state index is 0.186. The molecule has 2 rings (SSSR count). The number of H-pyrrole nitrogens is 1. The highest BCUT2D eigenvalue weighted by Crippen LogP contribution is 2.11. The molecule has 4 nitrogen and oxygen atoms in total. The lowest BCUT2D eigenvalue weighted by molar-refractivity contribution is -0.125. The highest BCUT2D eigenvalue weighted by Gasteiger charge is 2.20. The molecule has 1 saturated heterocycles. The number of piperidine rings is 1. The van der Waals surface area contributed by atoms with Gasteiger partial charge in [0.25, 0.3) is 0 Å². The van der Waals surface area contributed by atoms with Gasteiger partial charge in [-0.2, -0.15) is 0 Å². The summed E-state index contributed by atoms with van der Waals surface area (Å²) in [5.74, 6) is 0.382. The van der Waals surface area contributed by atoms with E-state index in [1.54, 1.807) is 0 Å². The molecule has 1 aliphatic heterocycles. The monoisotopic (exact) mass is 207 g/mol. The minimum atomic E-state index is 0.186. The molecule has 1 fully saturated rings. The zero-order valence-electron chi connectivity index (χ0n) is 8.75. The van der Waals surface area contributed by atoms with Crippen LogP contribution in [-0.2, 0) is 11.3 Å². The summed E-state index contributed by atoms with van der Waals surface area (Å²) >= 11 is 0. The van der Waals surface area contributed by atoms with Crippen molar-refractivity contribution in [3.63, 3.8) is 0 Å². The molecule has 0 aliphatic carbocycles. The fourth-order valence-electron chi connectivity index (χ4n) is 1.89. The van der Waals surface area contributed by atoms with Crippen molar-refractivity contribution >= 4 is 5.91 Å². The van der Waals surface area contributed by atoms with Crippen LogP contribution >= 0.6 is 0 Å². The first-order valence-corrected chi connectivity index (χ1v) is 5.47. The number of nitrogens with one attached hydrogen (secondary N) is 3. The number of aromatic nitrogens is 1. The molecular formula is C11H17N3O. The number of hydrogen-bond donors (Lipinski definition) is 3. The second-order valence-corrected chi connectivity index (χ2v) is 3.94. The van der Waals surface area contributed by atoms with Gasteiger partial charge in [-0.3, -0.25) is 4.79 Å². The van der Waals surface area contributed by atoms with Crippen LogP contribution in [0.2, 0.25) is 0 Å². The Balaban J connectivity index is 1.76. The molecule has 82 valence electrons. The topological polar surface area (TPSA) is 56.9 Å². The Morgan fingerprint density at radius 2 is 2.27 bits per heavy atom. The number of hydrogen-bond acceptors (Lipinski definition) is 2. The molecule has 4 heteroatoms. The molecule has 0 bridgehead atoms. The summed E-state index contributed by atoms with van der Waals surface area (Å²) in [7, 11) is 0. The lowest BCUT2D eigenvalue weighted by Crippen LogP contribution is -2.37. The van der Waals surface area contributed by atoms with Crippen LogP contribution in [0.15, 0.2) is 18.3 Å². The summed E-state index contributed by atoms with van der Waals surface area (Å²) in [6, 6.07) is 3.91. The maximum absolute atomic E-state index is 11.7. The number of amides is 1. The predicted molar refractivity (Wildman–Crippen MR) is 58.2 cm³/mol. The van der Waals surface area contributed by atoms with Crippen molar-refractivity contribution in [2.24, 2.45) is 5.92 Å². The zero-order chi connectivity index (χ0) is 10.5. The van der Waals surface area contributed by atoms with Gasteiger partial charge >= 0.3 is 0 Å². The Morgan fingerprint density at radius 1 is 1.47 bits per heavy atom. The number of carbonyl (C=O) groups excluding carboxylic acids is 1. The van der Waals surface area contributed by atoms with E-state index in [2.05, 4.69) is 15.6 Å². The summed E-state index contributed by atoms with van der Waals surface area (Å²) in [6.45, 7) is 2.52. The van der Waals surface area contributed by atoms with Crippen molar-refractivity contribution in [3.8, 4) is 0 Å². The van der Waals surface area contributed by atoms with Gasteiger partial charge in [-0.05, 0) is 38.1 Å². The highest BCUT2D eigenvalue weighted by atomic mass is 16.1. The number of aromatic amines is 1. The average Bonchev–Trinajstić information content (AvgIpc) is 2.80. The van der Waals surface area contributed by atoms with E-state index in [-0.39, 0.29) is 11.8 Å². The van der Waals surface area contributed by atoms with Crippen LogP contribution in [0.3, 0.4) is 0 Å². The zero-order valence-corrected chi connectivity index (χ0v) is 8.75. The van der Waals surface area contributed by atoms with E-state index in [1.807, 2.05) is 18.3 Å². The summed E-state index contributed by atoms with van der Waals surface area (Å²) in [6.07, 6.45) is 3.78. The number of rotatable bonds is 3. The first-order valence-electron chi connectivity index (χ1n) is 5.47. The average molecular weight is 207 g/mol. The number of carbonyl (C=O) groups is 1. The van der Waals surface area contributed by atoms with Crippen molar-refractivity contribution < 1.29 is 4.79 Å². The van der Waals surface area contributed by atoms with Crippen LogP contribution in [0.4, 0.5) is 0 Å². The third kappa shape index (κ3) is 2.83. The van der Waals surface area contributed by atoms with Gasteiger partial charge in [0.2, 0.25) is 5.91 Å². The van der Waals surface area contributed by atoms with Gasteiger partial charge in [0.05, 0.1) is 6.54 Å². The Hall–Kier alpha value is -1.29. The second-order valence-electron chi connectivity index (χ2n) is 3.94. The summed E-state index contributed by atoms with van der Waals surface area (Å²) in [4.78, 5) is 14.8. The molecule has 1 aromatic rings. The van der Waals surface area contributed by atoms with Gasteiger partial charge in [-0.25, -0.2) is 0 Å². The maximum atomic E-state index is 11.7. The third-order valence-electron chi connectivity index (χ3n) is 2.83. The molecule has 0 radical (unpaired) electrons. The van der Waals surface area contributed by atoms with Crippen molar-refractivity contribution in [3.05, 3.63) is 24.0 Å². The molecule has 0 atom stereocenters. The minimum Gasteiger partial charge on any atom is -0.364 e. The van der Waals surface area contributed by atoms with Crippen molar-refractivity contribution in [2.45, 2.75) is 19.4 Å². The molecule has 15 heavy (non-hydrogen) atoms. The van der Waals surface area contributed by atoms with Crippen molar-refractivity contribution in [1.82, 2.24) is 15.6 Å². The van der Waals surface area contributed by atoms with E-state index in [1.165, 1.54) is 0 Å². The Morgan fingerprint density at radius 3 is 2.93 bits per heavy atom. The lowest BCUT2D eigenvalue weighted by atomic mass is 9.97. The Labute approximate surface area is 89.5 Å². The Kier molecular flexibility index (Phi) is 3.40. The van der Waals surface area contributed by atoms with E-state index in [0.29, 0.717) is 6.54 Å². The van der Waals surface area contributed by atoms with Gasteiger partial charge in [-0.1, -0.05) is 0 Å². The van der Waals surface area contributed by atoms with Gasteiger partial charge in [0, 0.05) is 17.8 Å². The normalized spacial score (nSPS) is 17.6. The van der Waals surface area contributed by atoms with E-state index < -0.39 is 0 Å². The van der Waals surface area contributed by atoms with E-state index in [4.69, 9.17) is 0 Å². The molecule has 0 aromatic carbocycles. The standard InChI is InChI=1S/C11H17N3O/c15-11(9-3-6-12-7-4-9)14-8-10-2-1-5-13-10/h1-2,5,9,12-13H,3-4,6-8H2,(H,14,15). The van der Waals surface area contributed by atoms with Gasteiger partial charge in [0.1, 0.15) is 0 Å². The van der Waals surface area contributed by atoms with Crippen molar-refractivity contribution in [2.75, 3.05) is 13.1 Å². The lowest BCUT2D eigenvalue weighted by Gasteiger charge is -2.21. The summed E-state index contributed by atoms with van der Waals surface area (Å²) in [5, 5.41) is 6.21. The van der Waals surface area contributed by atoms with Crippen LogP contribution in [0, 0.1) is 5.92 Å². The van der Waals surface area contributed by atoms with Gasteiger partial charge in [0.15, 0.2) is 0 Å². The van der Waals surface area contributed by atoms with E-state index in [9.17, 15) is 4.79 Å². The molecule has 3 N–H and O–H groups in total. The predicted octanol–water partition coefficient (Wildman–Crippen LogP) is 0.630. The summed E-state index contributed by atoms with van der Waals surface area (Å²) in [5.41, 5.74) is 1.05. The van der Waals surface area contributed by atoms with Crippen LogP contribution in [0.5, 0.6) is 0 Å². The summed E-state index contributed by atoms with van der Waals surface area (Å²) < 4.78 is 0. The maximum Gasteiger partial charge on any atom is 0.223 e. The van der Waals surface area contributed by atoms with E-state index in [0.717, 1.165) is 31.6 Å². The first-order chi connectivity index (χ1) is 7.36. The quantitative estimate of drug-likeness (QED) is 0.681. The molecule has 1 amide bonds. The van der Waals surface area contributed by atoms with Gasteiger partial charge < -0.3 is 15.6 Å². The molecular weight excluding hydrogens is 190 g/mol. The fraction of sp³-hybridized carbons (Fsp3) is 0.545. The molecule has 0 unspecified atom stereocenters. The van der Waals surface area contributed by atoms with Crippen LogP contribution in [0.1, 0.15) is 18.5 Å². The molecule has 2 heterocycles. The highest BCUT2D eigenvalue weighted by molar-refractivity contribution is 5.78. The smallest absolute Gasteiger partial charge is 0.223 e. The van der Waals surface area contributed by atoms with E-state index >= 15 is 0 Å². The first kappa shape index (κ1) is 10.2. The van der Waals surface area contributed by atoms with Crippen LogP contribution in [0.25, 0.3) is 0 Å². The van der Waals surface area contributed by atoms with Gasteiger partial charge in [-0.15, -0.1) is 0 Å². The SMILES string of the molecule is O=C(NCc1ccc[nH]1)C1CCNCC1. The van der Waals surface area contributed by atoms with Crippen LogP contribution < -0.4 is 10.6 Å². The molecule has 1 aromatic heterocycles.